The summed E-state index contributed by atoms with van der Waals surface area (Å²) in [6, 6.07) is 17.2. The third kappa shape index (κ3) is 3.10. The van der Waals surface area contributed by atoms with E-state index in [9.17, 15) is 8.42 Å². The lowest BCUT2D eigenvalue weighted by Crippen LogP contribution is -2.36. The topological polar surface area (TPSA) is 85.1 Å². The highest BCUT2D eigenvalue weighted by molar-refractivity contribution is 7.92. The molecule has 1 N–H and O–H groups in total. The fraction of sp³-hybridized carbons (Fsp3) is 0.263. The Bertz CT molecular complexity index is 1010. The highest BCUT2D eigenvalue weighted by atomic mass is 32.2. The first-order valence-corrected chi connectivity index (χ1v) is 10.3. The van der Waals surface area contributed by atoms with Gasteiger partial charge in [0.25, 0.3) is 5.89 Å². The zero-order chi connectivity index (χ0) is 18.2. The van der Waals surface area contributed by atoms with Crippen LogP contribution < -0.4 is 4.72 Å². The van der Waals surface area contributed by atoms with Gasteiger partial charge >= 0.3 is 0 Å². The van der Waals surface area contributed by atoms with Crippen LogP contribution in [0.4, 0.5) is 5.69 Å². The van der Waals surface area contributed by atoms with Crippen molar-refractivity contribution in [3.63, 3.8) is 0 Å². The van der Waals surface area contributed by atoms with Crippen molar-refractivity contribution in [3.05, 3.63) is 66.0 Å². The van der Waals surface area contributed by atoms with Crippen LogP contribution in [0, 0.1) is 0 Å². The van der Waals surface area contributed by atoms with Crippen molar-refractivity contribution in [2.45, 2.75) is 24.7 Å². The molecule has 3 aromatic rings. The number of rotatable bonds is 5. The second-order valence-electron chi connectivity index (χ2n) is 6.68. The molecule has 1 heterocycles. The Kier molecular flexibility index (Phi) is 4.03. The Morgan fingerprint density at radius 3 is 2.31 bits per heavy atom. The fourth-order valence-corrected chi connectivity index (χ4v) is 3.92. The molecule has 4 rings (SSSR count). The normalized spacial score (nSPS) is 16.0. The van der Waals surface area contributed by atoms with Gasteiger partial charge in [-0.05, 0) is 42.7 Å². The van der Waals surface area contributed by atoms with Crippen LogP contribution in [0.15, 0.2) is 59.1 Å². The van der Waals surface area contributed by atoms with E-state index < -0.39 is 10.0 Å². The van der Waals surface area contributed by atoms with Gasteiger partial charge in [0.2, 0.25) is 10.0 Å². The predicted molar refractivity (Wildman–Crippen MR) is 99.3 cm³/mol. The average molecular weight is 369 g/mol. The number of nitrogens with zero attached hydrogens (tertiary/aromatic N) is 2. The highest BCUT2D eigenvalue weighted by Gasteiger charge is 2.44. The van der Waals surface area contributed by atoms with Crippen LogP contribution in [0.5, 0.6) is 0 Å². The van der Waals surface area contributed by atoms with Gasteiger partial charge in [0.15, 0.2) is 5.82 Å². The number of hydrogen-bond acceptors (Lipinski definition) is 5. The first-order chi connectivity index (χ1) is 12.5. The van der Waals surface area contributed by atoms with Gasteiger partial charge in [0.1, 0.15) is 0 Å². The molecular formula is C19H19N3O3S. The Balaban J connectivity index is 1.62. The number of benzene rings is 2. The first kappa shape index (κ1) is 16.8. The maximum atomic E-state index is 11.3. The van der Waals surface area contributed by atoms with Crippen molar-refractivity contribution >= 4 is 15.7 Å². The van der Waals surface area contributed by atoms with Crippen LogP contribution in [-0.4, -0.2) is 24.8 Å². The van der Waals surface area contributed by atoms with Gasteiger partial charge in [-0.2, -0.15) is 4.98 Å². The lowest BCUT2D eigenvalue weighted by Gasteiger charge is -2.39. The van der Waals surface area contributed by atoms with Crippen LogP contribution in [0.3, 0.4) is 0 Å². The molecule has 1 saturated carbocycles. The molecule has 2 aromatic carbocycles. The lowest BCUT2D eigenvalue weighted by atomic mass is 9.64. The summed E-state index contributed by atoms with van der Waals surface area (Å²) in [5, 5.41) is 4.25. The maximum absolute atomic E-state index is 11.3. The van der Waals surface area contributed by atoms with Crippen molar-refractivity contribution in [1.29, 1.82) is 0 Å². The van der Waals surface area contributed by atoms with Gasteiger partial charge < -0.3 is 4.52 Å². The van der Waals surface area contributed by atoms with Crippen LogP contribution in [0.1, 0.15) is 30.7 Å². The van der Waals surface area contributed by atoms with Crippen molar-refractivity contribution in [2.24, 2.45) is 0 Å². The van der Waals surface area contributed by atoms with Crippen LogP contribution in [-0.2, 0) is 15.4 Å². The molecule has 1 aliphatic carbocycles. The van der Waals surface area contributed by atoms with Gasteiger partial charge in [-0.3, -0.25) is 4.72 Å². The molecule has 0 amide bonds. The molecule has 1 aliphatic rings. The van der Waals surface area contributed by atoms with Crippen LogP contribution in [0.2, 0.25) is 0 Å². The Morgan fingerprint density at radius 2 is 1.73 bits per heavy atom. The van der Waals surface area contributed by atoms with Gasteiger partial charge in [0.05, 0.1) is 11.7 Å². The quantitative estimate of drug-likeness (QED) is 0.743. The summed E-state index contributed by atoms with van der Waals surface area (Å²) >= 11 is 0. The minimum absolute atomic E-state index is 0.166. The van der Waals surface area contributed by atoms with Gasteiger partial charge in [-0.25, -0.2) is 8.42 Å². The van der Waals surface area contributed by atoms with Gasteiger partial charge in [-0.1, -0.05) is 41.9 Å². The van der Waals surface area contributed by atoms with Crippen molar-refractivity contribution in [3.8, 4) is 11.5 Å². The fourth-order valence-electron chi connectivity index (χ4n) is 3.36. The third-order valence-corrected chi connectivity index (χ3v) is 5.43. The summed E-state index contributed by atoms with van der Waals surface area (Å²) in [5.41, 5.74) is 2.30. The van der Waals surface area contributed by atoms with E-state index >= 15 is 0 Å². The van der Waals surface area contributed by atoms with E-state index in [0.29, 0.717) is 17.4 Å². The second-order valence-corrected chi connectivity index (χ2v) is 8.42. The number of sulfonamides is 1. The molecule has 134 valence electrons. The first-order valence-electron chi connectivity index (χ1n) is 8.44. The SMILES string of the molecule is CS(=O)(=O)Nc1ccc(-c2nc(C3(c4ccccc4)CCC3)no2)cc1. The van der Waals surface area contributed by atoms with E-state index in [-0.39, 0.29) is 5.41 Å². The number of hydrogen-bond donors (Lipinski definition) is 1. The maximum Gasteiger partial charge on any atom is 0.257 e. The molecule has 0 radical (unpaired) electrons. The summed E-state index contributed by atoms with van der Waals surface area (Å²) in [7, 11) is -3.30. The second kappa shape index (κ2) is 6.25. The van der Waals surface area contributed by atoms with Crippen molar-refractivity contribution in [1.82, 2.24) is 10.1 Å². The molecule has 6 nitrogen and oxygen atoms in total. The number of nitrogens with one attached hydrogen (secondary N) is 1. The molecule has 0 unspecified atom stereocenters. The molecular weight excluding hydrogens is 350 g/mol. The minimum Gasteiger partial charge on any atom is -0.334 e. The summed E-state index contributed by atoms with van der Waals surface area (Å²) < 4.78 is 30.5. The van der Waals surface area contributed by atoms with E-state index in [2.05, 4.69) is 27.0 Å². The van der Waals surface area contributed by atoms with Crippen molar-refractivity contribution in [2.75, 3.05) is 11.0 Å². The van der Waals surface area contributed by atoms with Gasteiger partial charge in [0, 0.05) is 11.3 Å². The molecule has 0 spiro atoms. The molecule has 0 saturated heterocycles. The van der Waals surface area contributed by atoms with Gasteiger partial charge in [-0.15, -0.1) is 0 Å². The van der Waals surface area contributed by atoms with Crippen molar-refractivity contribution < 1.29 is 12.9 Å². The Labute approximate surface area is 152 Å². The molecule has 7 heteroatoms. The number of aromatic nitrogens is 2. The lowest BCUT2D eigenvalue weighted by molar-refractivity contribution is 0.273. The summed E-state index contributed by atoms with van der Waals surface area (Å²) in [6.07, 6.45) is 4.28. The minimum atomic E-state index is -3.30. The smallest absolute Gasteiger partial charge is 0.257 e. The molecule has 1 fully saturated rings. The molecule has 1 aromatic heterocycles. The average Bonchev–Trinajstić information content (AvgIpc) is 3.04. The summed E-state index contributed by atoms with van der Waals surface area (Å²) in [5.74, 6) is 1.15. The summed E-state index contributed by atoms with van der Waals surface area (Å²) in [6.45, 7) is 0. The van der Waals surface area contributed by atoms with Crippen LogP contribution >= 0.6 is 0 Å². The van der Waals surface area contributed by atoms with E-state index in [1.54, 1.807) is 24.3 Å². The molecule has 0 atom stereocenters. The largest absolute Gasteiger partial charge is 0.334 e. The monoisotopic (exact) mass is 369 g/mol. The third-order valence-electron chi connectivity index (χ3n) is 4.82. The zero-order valence-corrected chi connectivity index (χ0v) is 15.2. The molecule has 0 bridgehead atoms. The van der Waals surface area contributed by atoms with E-state index in [1.807, 2.05) is 18.2 Å². The highest BCUT2D eigenvalue weighted by Crippen LogP contribution is 2.48. The standard InChI is InChI=1S/C19H19N3O3S/c1-26(23,24)22-16-10-8-14(9-11-16)17-20-18(21-25-17)19(12-5-13-19)15-6-3-2-4-7-15/h2-4,6-11,22H,5,12-13H2,1H3. The predicted octanol–water partition coefficient (Wildman–Crippen LogP) is 3.58. The zero-order valence-electron chi connectivity index (χ0n) is 14.3. The van der Waals surface area contributed by atoms with E-state index in [0.717, 1.165) is 31.1 Å². The van der Waals surface area contributed by atoms with E-state index in [4.69, 9.17) is 4.52 Å². The molecule has 0 aliphatic heterocycles. The van der Waals surface area contributed by atoms with E-state index in [1.165, 1.54) is 5.56 Å². The number of anilines is 1. The van der Waals surface area contributed by atoms with Crippen LogP contribution in [0.25, 0.3) is 11.5 Å². The Morgan fingerprint density at radius 1 is 1.04 bits per heavy atom. The molecule has 26 heavy (non-hydrogen) atoms. The Hall–Kier alpha value is -2.67. The summed E-state index contributed by atoms with van der Waals surface area (Å²) in [4.78, 5) is 4.64.